The molecule has 0 saturated carbocycles. The van der Waals surface area contributed by atoms with Crippen LogP contribution in [-0.4, -0.2) is 24.5 Å². The van der Waals surface area contributed by atoms with Gasteiger partial charge in [0.2, 0.25) is 5.69 Å². The molecule has 0 spiro atoms. The first-order valence-corrected chi connectivity index (χ1v) is 15.1. The van der Waals surface area contributed by atoms with Crippen LogP contribution in [0.15, 0.2) is 66.9 Å². The maximum absolute atomic E-state index is 13.8. The molecule has 5 nitrogen and oxygen atoms in total. The summed E-state index contributed by atoms with van der Waals surface area (Å²) in [6.07, 6.45) is 15.2. The zero-order valence-corrected chi connectivity index (χ0v) is 25.2. The minimum absolute atomic E-state index is 0.0537. The highest BCUT2D eigenvalue weighted by molar-refractivity contribution is 5.96. The summed E-state index contributed by atoms with van der Waals surface area (Å²) in [6.45, 7) is 6.10. The van der Waals surface area contributed by atoms with Crippen molar-refractivity contribution in [1.82, 2.24) is 4.90 Å². The lowest BCUT2D eigenvalue weighted by molar-refractivity contribution is -0.680. The van der Waals surface area contributed by atoms with E-state index in [-0.39, 0.29) is 5.91 Å². The van der Waals surface area contributed by atoms with Gasteiger partial charge < -0.3 is 14.4 Å². The maximum atomic E-state index is 13.8. The summed E-state index contributed by atoms with van der Waals surface area (Å²) in [5.41, 5.74) is 3.85. The van der Waals surface area contributed by atoms with Crippen molar-refractivity contribution in [2.75, 3.05) is 13.7 Å². The van der Waals surface area contributed by atoms with E-state index >= 15 is 0 Å². The molecule has 0 radical (unpaired) electrons. The van der Waals surface area contributed by atoms with Crippen LogP contribution in [0.25, 0.3) is 0 Å². The summed E-state index contributed by atoms with van der Waals surface area (Å²) in [6, 6.07) is 19.7. The third kappa shape index (κ3) is 10.0. The number of amides is 1. The van der Waals surface area contributed by atoms with E-state index < -0.39 is 0 Å². The highest BCUT2D eigenvalue weighted by atomic mass is 16.5. The molecule has 0 N–H and O–H groups in total. The molecule has 1 amide bonds. The van der Waals surface area contributed by atoms with Crippen molar-refractivity contribution in [2.45, 2.75) is 91.1 Å². The highest BCUT2D eigenvalue weighted by Gasteiger charge is 2.23. The Morgan fingerprint density at radius 1 is 0.825 bits per heavy atom. The van der Waals surface area contributed by atoms with Gasteiger partial charge in [-0.1, -0.05) is 89.0 Å². The van der Waals surface area contributed by atoms with Crippen molar-refractivity contribution in [1.29, 1.82) is 0 Å². The predicted octanol–water partition coefficient (Wildman–Crippen LogP) is 7.97. The Balaban J connectivity index is 1.56. The number of para-hydroxylation sites is 1. The number of nitrogens with zero attached hydrogens (tertiary/aromatic N) is 2. The minimum atomic E-state index is -0.0537. The third-order valence-corrected chi connectivity index (χ3v) is 7.58. The Labute approximate surface area is 242 Å². The molecular formula is C35H49N2O3+. The molecule has 2 aromatic carbocycles. The zero-order valence-electron chi connectivity index (χ0n) is 25.2. The number of unbranched alkanes of at least 4 members (excludes halogenated alkanes) is 9. The van der Waals surface area contributed by atoms with E-state index in [1.165, 1.54) is 57.8 Å². The Kier molecular flexibility index (Phi) is 13.5. The molecule has 0 aliphatic heterocycles. The summed E-state index contributed by atoms with van der Waals surface area (Å²) in [5, 5.41) is 0. The van der Waals surface area contributed by atoms with E-state index in [4.69, 9.17) is 9.47 Å². The monoisotopic (exact) mass is 545 g/mol. The number of aromatic nitrogens is 1. The second-order valence-corrected chi connectivity index (χ2v) is 10.8. The number of ether oxygens (including phenoxy) is 2. The molecule has 0 fully saturated rings. The van der Waals surface area contributed by atoms with E-state index in [1.807, 2.05) is 60.6 Å². The molecule has 1 aromatic heterocycles. The first-order chi connectivity index (χ1) is 19.5. The minimum Gasteiger partial charge on any atom is -0.496 e. The SMILES string of the molecule is CCCCCCCCCCCCOc1ccc(CN(Cc2cccc[n+]2C)C(=O)c2ccccc2OC)c(C)c1. The van der Waals surface area contributed by atoms with Gasteiger partial charge in [0.05, 0.1) is 19.3 Å². The Bertz CT molecular complexity index is 1180. The molecule has 1 heterocycles. The Morgan fingerprint density at radius 2 is 1.50 bits per heavy atom. The largest absolute Gasteiger partial charge is 0.496 e. The van der Waals surface area contributed by atoms with Crippen molar-refractivity contribution in [2.24, 2.45) is 7.05 Å². The van der Waals surface area contributed by atoms with Crippen molar-refractivity contribution < 1.29 is 18.8 Å². The predicted molar refractivity (Wildman–Crippen MR) is 163 cm³/mol. The van der Waals surface area contributed by atoms with Crippen molar-refractivity contribution in [3.63, 3.8) is 0 Å². The zero-order chi connectivity index (χ0) is 28.6. The average molecular weight is 546 g/mol. The molecule has 0 aliphatic carbocycles. The standard InChI is InChI=1S/C35H49N2O3/c1-5-6-7-8-9-10-11-12-13-18-25-40-32-23-22-30(29(2)26-32)27-37(28-31-19-16-17-24-36(31)3)35(38)33-20-14-15-21-34(33)39-4/h14-17,19-24,26H,5-13,18,25,27-28H2,1-4H3/q+1. The molecule has 216 valence electrons. The first-order valence-electron chi connectivity index (χ1n) is 15.1. The molecule has 0 bridgehead atoms. The van der Waals surface area contributed by atoms with Gasteiger partial charge in [0.1, 0.15) is 25.1 Å². The smallest absolute Gasteiger partial charge is 0.258 e. The summed E-state index contributed by atoms with van der Waals surface area (Å²) < 4.78 is 13.6. The van der Waals surface area contributed by atoms with Crippen molar-refractivity contribution >= 4 is 5.91 Å². The van der Waals surface area contributed by atoms with Crippen LogP contribution in [0, 0.1) is 6.92 Å². The molecule has 0 unspecified atom stereocenters. The molecule has 3 aromatic rings. The van der Waals surface area contributed by atoms with E-state index in [0.717, 1.165) is 35.6 Å². The summed E-state index contributed by atoms with van der Waals surface area (Å²) >= 11 is 0. The second-order valence-electron chi connectivity index (χ2n) is 10.8. The highest BCUT2D eigenvalue weighted by Crippen LogP contribution is 2.24. The van der Waals surface area contributed by atoms with E-state index in [2.05, 4.69) is 36.6 Å². The van der Waals surface area contributed by atoms with E-state index in [0.29, 0.717) is 24.4 Å². The number of rotatable bonds is 18. The van der Waals surface area contributed by atoms with Gasteiger partial charge in [0.15, 0.2) is 6.20 Å². The van der Waals surface area contributed by atoms with Crippen molar-refractivity contribution in [3.05, 3.63) is 89.2 Å². The van der Waals surface area contributed by atoms with Crippen LogP contribution in [0.4, 0.5) is 0 Å². The van der Waals surface area contributed by atoms with Crippen LogP contribution in [0.3, 0.4) is 0 Å². The fraction of sp³-hybridized carbons (Fsp3) is 0.486. The fourth-order valence-electron chi connectivity index (χ4n) is 5.03. The van der Waals surface area contributed by atoms with Crippen LogP contribution in [0.1, 0.15) is 98.3 Å². The number of hydrogen-bond donors (Lipinski definition) is 0. The maximum Gasteiger partial charge on any atom is 0.258 e. The van der Waals surface area contributed by atoms with Gasteiger partial charge in [-0.05, 0) is 48.7 Å². The van der Waals surface area contributed by atoms with Crippen LogP contribution < -0.4 is 14.0 Å². The Hall–Kier alpha value is -3.34. The molecule has 5 heteroatoms. The molecular weight excluding hydrogens is 496 g/mol. The molecule has 0 aliphatic rings. The van der Waals surface area contributed by atoms with E-state index in [9.17, 15) is 4.79 Å². The summed E-state index contributed by atoms with van der Waals surface area (Å²) in [7, 11) is 3.61. The van der Waals surface area contributed by atoms with Crippen LogP contribution in [-0.2, 0) is 20.1 Å². The lowest BCUT2D eigenvalue weighted by Crippen LogP contribution is -2.39. The number of pyridine rings is 1. The fourth-order valence-corrected chi connectivity index (χ4v) is 5.03. The third-order valence-electron chi connectivity index (χ3n) is 7.58. The second kappa shape index (κ2) is 17.4. The lowest BCUT2D eigenvalue weighted by atomic mass is 10.1. The molecule has 0 atom stereocenters. The number of carbonyl (C=O) groups is 1. The topological polar surface area (TPSA) is 42.7 Å². The van der Waals surface area contributed by atoms with Gasteiger partial charge in [0, 0.05) is 18.7 Å². The number of aryl methyl sites for hydroxylation is 2. The number of benzene rings is 2. The molecule has 0 saturated heterocycles. The van der Waals surface area contributed by atoms with Crippen LogP contribution >= 0.6 is 0 Å². The van der Waals surface area contributed by atoms with Gasteiger partial charge in [-0.25, -0.2) is 4.57 Å². The summed E-state index contributed by atoms with van der Waals surface area (Å²) in [4.78, 5) is 15.7. The van der Waals surface area contributed by atoms with E-state index in [1.54, 1.807) is 7.11 Å². The summed E-state index contributed by atoms with van der Waals surface area (Å²) in [5.74, 6) is 1.43. The van der Waals surface area contributed by atoms with Gasteiger partial charge >= 0.3 is 0 Å². The van der Waals surface area contributed by atoms with Crippen LogP contribution in [0.5, 0.6) is 11.5 Å². The van der Waals surface area contributed by atoms with Gasteiger partial charge in [-0.3, -0.25) is 4.79 Å². The van der Waals surface area contributed by atoms with Gasteiger partial charge in [-0.2, -0.15) is 0 Å². The number of hydrogen-bond acceptors (Lipinski definition) is 3. The van der Waals surface area contributed by atoms with Crippen LogP contribution in [0.2, 0.25) is 0 Å². The molecule has 3 rings (SSSR count). The number of methoxy groups -OCH3 is 1. The normalized spacial score (nSPS) is 10.9. The van der Waals surface area contributed by atoms with Crippen molar-refractivity contribution in [3.8, 4) is 11.5 Å². The average Bonchev–Trinajstić information content (AvgIpc) is 2.97. The molecule has 40 heavy (non-hydrogen) atoms. The number of carbonyl (C=O) groups excluding carboxylic acids is 1. The van der Waals surface area contributed by atoms with Gasteiger partial charge in [0.25, 0.3) is 5.91 Å². The van der Waals surface area contributed by atoms with Gasteiger partial charge in [-0.15, -0.1) is 0 Å². The quantitative estimate of drug-likeness (QED) is 0.120. The Morgan fingerprint density at radius 3 is 2.17 bits per heavy atom. The first kappa shape index (κ1) is 31.2. The lowest BCUT2D eigenvalue weighted by Gasteiger charge is -2.24.